The van der Waals surface area contributed by atoms with Crippen molar-refractivity contribution >= 4 is 23.8 Å². The summed E-state index contributed by atoms with van der Waals surface area (Å²) in [5, 5.41) is 3.72. The molecule has 2 aromatic rings. The molecule has 0 atom stereocenters. The largest absolute Gasteiger partial charge is 1.00 e. The summed E-state index contributed by atoms with van der Waals surface area (Å²) in [6.45, 7) is 6.03. The number of oxime groups is 1. The Hall–Kier alpha value is -2.22. The molecule has 0 aliphatic heterocycles. The Morgan fingerprint density at radius 2 is 1.57 bits per heavy atom. The van der Waals surface area contributed by atoms with Crippen LogP contribution in [0.25, 0.3) is 12.2 Å². The smallest absolute Gasteiger partial charge is 1.00 e. The van der Waals surface area contributed by atoms with Gasteiger partial charge in [0, 0.05) is 0 Å². The summed E-state index contributed by atoms with van der Waals surface area (Å²) in [5.41, 5.74) is 6.73. The fourth-order valence-corrected chi connectivity index (χ4v) is 2.35. The van der Waals surface area contributed by atoms with Crippen LogP contribution in [-0.4, -0.2) is 24.9 Å². The molecule has 1 N–H and O–H groups in total. The molecular weight excluding hydrogens is 391 g/mol. The van der Waals surface area contributed by atoms with Gasteiger partial charge in [0.15, 0.2) is 5.71 Å². The summed E-state index contributed by atoms with van der Waals surface area (Å²) in [5.74, 6) is -0.685. The molecule has 0 saturated heterocycles. The van der Waals surface area contributed by atoms with E-state index in [1.165, 1.54) is 18.1 Å². The van der Waals surface area contributed by atoms with E-state index >= 15 is 0 Å². The van der Waals surface area contributed by atoms with Crippen molar-refractivity contribution in [3.63, 3.8) is 0 Å². The van der Waals surface area contributed by atoms with Crippen molar-refractivity contribution < 1.29 is 50.3 Å². The zero-order valence-corrected chi connectivity index (χ0v) is 19.9. The number of rotatable bonds is 10. The summed E-state index contributed by atoms with van der Waals surface area (Å²) in [4.78, 5) is 26.6. The second-order valence-electron chi connectivity index (χ2n) is 6.39. The fourth-order valence-electron chi connectivity index (χ4n) is 2.35. The van der Waals surface area contributed by atoms with Crippen LogP contribution in [0.15, 0.2) is 65.8 Å². The molecule has 30 heavy (non-hydrogen) atoms. The number of hydrogen-bond donors (Lipinski definition) is 1. The molecule has 0 aliphatic rings. The van der Waals surface area contributed by atoms with Gasteiger partial charge in [0.2, 0.25) is 0 Å². The van der Waals surface area contributed by atoms with Crippen LogP contribution in [-0.2, 0) is 19.3 Å². The number of hydrogen-bond acceptors (Lipinski definition) is 6. The molecule has 0 spiro atoms. The van der Waals surface area contributed by atoms with Crippen LogP contribution < -0.4 is 35.2 Å². The van der Waals surface area contributed by atoms with Crippen LogP contribution >= 0.6 is 0 Å². The first-order chi connectivity index (χ1) is 14.0. The maximum Gasteiger partial charge on any atom is 1.00 e. The van der Waals surface area contributed by atoms with Gasteiger partial charge >= 0.3 is 35.5 Å². The number of carbonyl (C=O) groups is 1. The number of carbonyl (C=O) groups excluding carboxylic acids is 1. The molecule has 0 saturated carbocycles. The summed E-state index contributed by atoms with van der Waals surface area (Å²) >= 11 is 0. The van der Waals surface area contributed by atoms with E-state index < -0.39 is 5.97 Å². The monoisotopic (exact) mass is 418 g/mol. The maximum absolute atomic E-state index is 11.7. The average Bonchev–Trinajstić information content (AvgIpc) is 2.70. The number of aryl methyl sites for hydroxylation is 2. The first-order valence-electron chi connectivity index (χ1n) is 9.25. The van der Waals surface area contributed by atoms with E-state index in [4.69, 9.17) is 14.5 Å². The van der Waals surface area contributed by atoms with Crippen LogP contribution in [0.1, 0.15) is 30.6 Å². The zero-order valence-electron chi connectivity index (χ0n) is 18.9. The van der Waals surface area contributed by atoms with Crippen molar-refractivity contribution in [2.24, 2.45) is 5.16 Å². The quantitative estimate of drug-likeness (QED) is 0.274. The topological polar surface area (TPSA) is 69.2 Å². The summed E-state index contributed by atoms with van der Waals surface area (Å²) in [6, 6.07) is 16.1. The van der Waals surface area contributed by atoms with Crippen molar-refractivity contribution in [1.29, 1.82) is 0 Å². The van der Waals surface area contributed by atoms with Gasteiger partial charge in [-0.3, -0.25) is 4.84 Å². The van der Waals surface area contributed by atoms with Gasteiger partial charge in [-0.1, -0.05) is 83.0 Å². The molecule has 0 unspecified atom stereocenters. The summed E-state index contributed by atoms with van der Waals surface area (Å²) in [7, 11) is 0. The zero-order chi connectivity index (χ0) is 20.9. The van der Waals surface area contributed by atoms with Crippen molar-refractivity contribution in [3.05, 3.63) is 82.9 Å². The third kappa shape index (κ3) is 10.5. The van der Waals surface area contributed by atoms with E-state index in [1.54, 1.807) is 6.08 Å². The second-order valence-corrected chi connectivity index (χ2v) is 6.39. The Balaban J connectivity index is 0.00000450. The van der Waals surface area contributed by atoms with Gasteiger partial charge in [-0.2, -0.15) is 0 Å². The molecule has 0 aliphatic carbocycles. The molecule has 154 valence electrons. The Morgan fingerprint density at radius 3 is 2.13 bits per heavy atom. The molecule has 0 amide bonds. The number of nitrogens with zero attached hydrogens (tertiary/aromatic N) is 1. The summed E-state index contributed by atoms with van der Waals surface area (Å²) in [6.07, 6.45) is 7.47. The molecule has 0 bridgehead atoms. The predicted octanol–water partition coefficient (Wildman–Crippen LogP) is 1.52. The van der Waals surface area contributed by atoms with Crippen LogP contribution in [0.3, 0.4) is 0 Å². The minimum atomic E-state index is -0.685. The summed E-state index contributed by atoms with van der Waals surface area (Å²) < 4.78 is 0. The van der Waals surface area contributed by atoms with E-state index in [1.807, 2.05) is 68.5 Å². The molecule has 2 rings (SSSR count). The first kappa shape index (κ1) is 25.8. The van der Waals surface area contributed by atoms with Gasteiger partial charge < -0.3 is 11.1 Å². The number of nitrogens with one attached hydrogen (secondary N) is 1. The van der Waals surface area contributed by atoms with Crippen LogP contribution in [0.2, 0.25) is 0 Å². The van der Waals surface area contributed by atoms with Crippen molar-refractivity contribution in [2.75, 3.05) is 13.2 Å². The van der Waals surface area contributed by atoms with E-state index in [0.29, 0.717) is 0 Å². The van der Waals surface area contributed by atoms with Gasteiger partial charge in [-0.05, 0) is 43.6 Å². The van der Waals surface area contributed by atoms with E-state index in [-0.39, 0.29) is 49.9 Å². The van der Waals surface area contributed by atoms with Crippen LogP contribution in [0.4, 0.5) is 0 Å². The molecule has 2 aromatic carbocycles. The van der Waals surface area contributed by atoms with Gasteiger partial charge in [0.05, 0.1) is 6.61 Å². The standard InChI is InChI=1S/C23H26N2O4.Na.H/c1-18-8-4-10-21(16-18)12-6-14-27-24-20(3)23(26)29-25-28-15-7-13-22-11-5-9-19(2)17-22;;/h4-13,16-17,25H,14-15H2,1-3H3;;/q;+1;-1/b12-6+,13-7+,24-20?;;. The molecule has 0 heterocycles. The minimum Gasteiger partial charge on any atom is -1.00 e. The van der Waals surface area contributed by atoms with E-state index in [9.17, 15) is 4.79 Å². The average molecular weight is 418 g/mol. The Morgan fingerprint density at radius 1 is 1.00 bits per heavy atom. The fraction of sp³-hybridized carbons (Fsp3) is 0.217. The van der Waals surface area contributed by atoms with Gasteiger partial charge in [0.1, 0.15) is 6.61 Å². The molecule has 6 nitrogen and oxygen atoms in total. The maximum atomic E-state index is 11.7. The van der Waals surface area contributed by atoms with Crippen LogP contribution in [0, 0.1) is 13.8 Å². The Bertz CT molecular complexity index is 901. The van der Waals surface area contributed by atoms with E-state index in [0.717, 1.165) is 11.1 Å². The second kappa shape index (κ2) is 14.7. The third-order valence-corrected chi connectivity index (χ3v) is 3.75. The van der Waals surface area contributed by atoms with Gasteiger partial charge in [-0.25, -0.2) is 4.79 Å². The normalized spacial score (nSPS) is 11.5. The molecular formula is C23H27N2NaO4. The van der Waals surface area contributed by atoms with Crippen LogP contribution in [0.5, 0.6) is 0 Å². The molecule has 0 aromatic heterocycles. The Kier molecular flexibility index (Phi) is 12.7. The molecule has 0 radical (unpaired) electrons. The predicted molar refractivity (Wildman–Crippen MR) is 116 cm³/mol. The number of benzene rings is 2. The SMILES string of the molecule is CC(=NOC/C=C/c1cccc(C)c1)C(=O)ONOC/C=C/c1cccc(C)c1.[H-].[Na+]. The van der Waals surface area contributed by atoms with Crippen molar-refractivity contribution in [2.45, 2.75) is 20.8 Å². The molecule has 0 fully saturated rings. The minimum absolute atomic E-state index is 0. The third-order valence-electron chi connectivity index (χ3n) is 3.75. The van der Waals surface area contributed by atoms with Gasteiger partial charge in [-0.15, -0.1) is 0 Å². The Labute approximate surface area is 201 Å². The van der Waals surface area contributed by atoms with E-state index in [2.05, 4.69) is 22.9 Å². The molecule has 7 heteroatoms. The van der Waals surface area contributed by atoms with Crippen molar-refractivity contribution in [1.82, 2.24) is 5.64 Å². The van der Waals surface area contributed by atoms with Gasteiger partial charge in [0.25, 0.3) is 0 Å². The first-order valence-corrected chi connectivity index (χ1v) is 9.25. The van der Waals surface area contributed by atoms with Crippen molar-refractivity contribution in [3.8, 4) is 0 Å².